The third-order valence-corrected chi connectivity index (χ3v) is 3.98. The van der Waals surface area contributed by atoms with Gasteiger partial charge in [0.1, 0.15) is 11.9 Å². The maximum atomic E-state index is 10.1. The number of anilines is 1. The molecule has 3 N–H and O–H groups in total. The summed E-state index contributed by atoms with van der Waals surface area (Å²) in [6, 6.07) is 11.7. The molecule has 0 aliphatic heterocycles. The number of aliphatic hydroxyl groups excluding tert-OH is 1. The van der Waals surface area contributed by atoms with Gasteiger partial charge in [-0.25, -0.2) is 4.98 Å². The minimum Gasteiger partial charge on any atom is -0.399 e. The number of halogens is 1. The van der Waals surface area contributed by atoms with Gasteiger partial charge in [-0.15, -0.1) is 0 Å². The summed E-state index contributed by atoms with van der Waals surface area (Å²) < 4.78 is 2.97. The largest absolute Gasteiger partial charge is 0.399 e. The van der Waals surface area contributed by atoms with Crippen molar-refractivity contribution in [1.29, 1.82) is 0 Å². The fourth-order valence-electron chi connectivity index (χ4n) is 2.47. The van der Waals surface area contributed by atoms with Gasteiger partial charge in [0.15, 0.2) is 0 Å². The number of hydrogen-bond donors (Lipinski definition) is 2. The molecule has 0 aliphatic carbocycles. The highest BCUT2D eigenvalue weighted by molar-refractivity contribution is 9.10. The summed E-state index contributed by atoms with van der Waals surface area (Å²) in [6.45, 7) is 3.76. The lowest BCUT2D eigenvalue weighted by atomic mass is 10.2. The Morgan fingerprint density at radius 2 is 2.00 bits per heavy atom. The molecule has 3 rings (SSSR count). The number of nitrogen functional groups attached to an aromatic ring is 1. The minimum atomic E-state index is -0.669. The summed E-state index contributed by atoms with van der Waals surface area (Å²) in [5.41, 5.74) is 10.3. The second-order valence-corrected chi connectivity index (χ2v) is 6.08. The first-order chi connectivity index (χ1) is 9.97. The molecule has 0 bridgehead atoms. The lowest BCUT2D eigenvalue weighted by molar-refractivity contribution is 0.187. The van der Waals surface area contributed by atoms with Crippen molar-refractivity contribution in [2.24, 2.45) is 0 Å². The van der Waals surface area contributed by atoms with Crippen molar-refractivity contribution in [2.45, 2.75) is 20.0 Å². The summed E-state index contributed by atoms with van der Waals surface area (Å²) in [6.07, 6.45) is -0.669. The molecule has 0 saturated carbocycles. The monoisotopic (exact) mass is 345 g/mol. The van der Waals surface area contributed by atoms with Crippen LogP contribution in [-0.4, -0.2) is 14.7 Å². The Morgan fingerprint density at radius 3 is 2.71 bits per heavy atom. The topological polar surface area (TPSA) is 64.1 Å². The van der Waals surface area contributed by atoms with E-state index in [-0.39, 0.29) is 0 Å². The standard InChI is InChI=1S/C16H16BrN3O/c1-9-3-4-11(17)7-15(9)20-14-6-5-12(18)8-13(14)19-16(20)10(2)21/h3-8,10,21H,18H2,1-2H3. The maximum absolute atomic E-state index is 10.1. The quantitative estimate of drug-likeness (QED) is 0.695. The zero-order valence-electron chi connectivity index (χ0n) is 11.8. The number of nitrogens with two attached hydrogens (primary N) is 1. The molecular weight excluding hydrogens is 330 g/mol. The third kappa shape index (κ3) is 2.43. The predicted octanol–water partition coefficient (Wildman–Crippen LogP) is 3.73. The Balaban J connectivity index is 2.39. The fourth-order valence-corrected chi connectivity index (χ4v) is 2.82. The number of aromatic nitrogens is 2. The molecule has 0 fully saturated rings. The van der Waals surface area contributed by atoms with Gasteiger partial charge in [0, 0.05) is 10.2 Å². The second-order valence-electron chi connectivity index (χ2n) is 5.16. The van der Waals surface area contributed by atoms with Gasteiger partial charge < -0.3 is 10.8 Å². The number of aliphatic hydroxyl groups is 1. The van der Waals surface area contributed by atoms with E-state index >= 15 is 0 Å². The summed E-state index contributed by atoms with van der Waals surface area (Å²) in [5.74, 6) is 0.608. The van der Waals surface area contributed by atoms with Crippen molar-refractivity contribution in [3.05, 3.63) is 52.3 Å². The number of rotatable bonds is 2. The molecule has 0 radical (unpaired) electrons. The van der Waals surface area contributed by atoms with E-state index < -0.39 is 6.10 Å². The summed E-state index contributed by atoms with van der Waals surface area (Å²) in [4.78, 5) is 4.54. The molecule has 1 heterocycles. The molecule has 1 unspecified atom stereocenters. The van der Waals surface area contributed by atoms with Crippen molar-refractivity contribution < 1.29 is 5.11 Å². The molecular formula is C16H16BrN3O. The molecule has 108 valence electrons. The molecule has 0 spiro atoms. The van der Waals surface area contributed by atoms with Crippen LogP contribution in [0.3, 0.4) is 0 Å². The zero-order chi connectivity index (χ0) is 15.1. The van der Waals surface area contributed by atoms with E-state index in [1.54, 1.807) is 6.92 Å². The molecule has 2 aromatic carbocycles. The van der Waals surface area contributed by atoms with Gasteiger partial charge in [-0.3, -0.25) is 4.57 Å². The van der Waals surface area contributed by atoms with Crippen molar-refractivity contribution >= 4 is 32.7 Å². The van der Waals surface area contributed by atoms with Crippen LogP contribution in [0.25, 0.3) is 16.7 Å². The van der Waals surface area contributed by atoms with Crippen LogP contribution >= 0.6 is 15.9 Å². The highest BCUT2D eigenvalue weighted by Crippen LogP contribution is 2.29. The maximum Gasteiger partial charge on any atom is 0.143 e. The van der Waals surface area contributed by atoms with Crippen LogP contribution in [0.15, 0.2) is 40.9 Å². The van der Waals surface area contributed by atoms with Gasteiger partial charge in [-0.05, 0) is 49.7 Å². The number of benzene rings is 2. The van der Waals surface area contributed by atoms with Crippen molar-refractivity contribution in [2.75, 3.05) is 5.73 Å². The van der Waals surface area contributed by atoms with Crippen LogP contribution < -0.4 is 5.73 Å². The number of imidazole rings is 1. The van der Waals surface area contributed by atoms with Crippen LogP contribution in [0.1, 0.15) is 24.4 Å². The van der Waals surface area contributed by atoms with Gasteiger partial charge in [0.25, 0.3) is 0 Å². The van der Waals surface area contributed by atoms with E-state index in [2.05, 4.69) is 20.9 Å². The Bertz CT molecular complexity index is 824. The van der Waals surface area contributed by atoms with E-state index in [1.807, 2.05) is 47.9 Å². The molecule has 21 heavy (non-hydrogen) atoms. The van der Waals surface area contributed by atoms with Gasteiger partial charge >= 0.3 is 0 Å². The van der Waals surface area contributed by atoms with Gasteiger partial charge in [0.05, 0.1) is 16.7 Å². The van der Waals surface area contributed by atoms with Crippen molar-refractivity contribution in [1.82, 2.24) is 9.55 Å². The highest BCUT2D eigenvalue weighted by atomic mass is 79.9. The van der Waals surface area contributed by atoms with Gasteiger partial charge in [-0.1, -0.05) is 22.0 Å². The van der Waals surface area contributed by atoms with Crippen LogP contribution in [0, 0.1) is 6.92 Å². The minimum absolute atomic E-state index is 0.608. The van der Waals surface area contributed by atoms with Crippen LogP contribution in [0.5, 0.6) is 0 Å². The van der Waals surface area contributed by atoms with E-state index in [9.17, 15) is 5.11 Å². The summed E-state index contributed by atoms with van der Waals surface area (Å²) in [5, 5.41) is 10.1. The molecule has 4 nitrogen and oxygen atoms in total. The lowest BCUT2D eigenvalue weighted by Crippen LogP contribution is -2.06. The molecule has 3 aromatic rings. The molecule has 1 atom stereocenters. The van der Waals surface area contributed by atoms with Crippen molar-refractivity contribution in [3.63, 3.8) is 0 Å². The summed E-state index contributed by atoms with van der Waals surface area (Å²) in [7, 11) is 0. The third-order valence-electron chi connectivity index (χ3n) is 3.49. The first-order valence-electron chi connectivity index (χ1n) is 6.70. The van der Waals surface area contributed by atoms with Crippen LogP contribution in [0.2, 0.25) is 0 Å². The fraction of sp³-hybridized carbons (Fsp3) is 0.188. The SMILES string of the molecule is Cc1ccc(Br)cc1-n1c(C(C)O)nc2cc(N)ccc21. The normalized spacial score (nSPS) is 12.8. The Hall–Kier alpha value is -1.85. The van der Waals surface area contributed by atoms with Crippen LogP contribution in [-0.2, 0) is 0 Å². The molecule has 0 amide bonds. The molecule has 0 aliphatic rings. The number of fused-ring (bicyclic) bond motifs is 1. The Kier molecular flexibility index (Phi) is 3.47. The van der Waals surface area contributed by atoms with E-state index in [0.717, 1.165) is 26.8 Å². The Morgan fingerprint density at radius 1 is 1.24 bits per heavy atom. The Labute approximate surface area is 131 Å². The number of hydrogen-bond acceptors (Lipinski definition) is 3. The number of nitrogens with zero attached hydrogens (tertiary/aromatic N) is 2. The van der Waals surface area contributed by atoms with E-state index in [1.165, 1.54) is 0 Å². The molecule has 1 aromatic heterocycles. The van der Waals surface area contributed by atoms with E-state index in [0.29, 0.717) is 11.5 Å². The summed E-state index contributed by atoms with van der Waals surface area (Å²) >= 11 is 3.50. The second kappa shape index (κ2) is 5.16. The predicted molar refractivity (Wildman–Crippen MR) is 88.6 cm³/mol. The molecule has 5 heteroatoms. The first kappa shape index (κ1) is 14.1. The van der Waals surface area contributed by atoms with Crippen LogP contribution in [0.4, 0.5) is 5.69 Å². The van der Waals surface area contributed by atoms with Gasteiger partial charge in [0.2, 0.25) is 0 Å². The highest BCUT2D eigenvalue weighted by Gasteiger charge is 2.17. The van der Waals surface area contributed by atoms with E-state index in [4.69, 9.17) is 5.73 Å². The average Bonchev–Trinajstić information content (AvgIpc) is 2.80. The average molecular weight is 346 g/mol. The first-order valence-corrected chi connectivity index (χ1v) is 7.49. The van der Waals surface area contributed by atoms with Gasteiger partial charge in [-0.2, -0.15) is 0 Å². The number of aryl methyl sites for hydroxylation is 1. The van der Waals surface area contributed by atoms with Crippen molar-refractivity contribution in [3.8, 4) is 5.69 Å². The molecule has 0 saturated heterocycles. The smallest absolute Gasteiger partial charge is 0.143 e. The lowest BCUT2D eigenvalue weighted by Gasteiger charge is -2.14. The zero-order valence-corrected chi connectivity index (χ0v) is 13.4.